The third-order valence-corrected chi connectivity index (χ3v) is 4.29. The fourth-order valence-electron chi connectivity index (χ4n) is 3.07. The first kappa shape index (κ1) is 16.0. The normalized spacial score (nSPS) is 30.3. The summed E-state index contributed by atoms with van der Waals surface area (Å²) < 4.78 is 6.02. The summed E-state index contributed by atoms with van der Waals surface area (Å²) in [5, 5.41) is 9.73. The number of ether oxygens (including phenoxy) is 1. The summed E-state index contributed by atoms with van der Waals surface area (Å²) in [6, 6.07) is 0. The van der Waals surface area contributed by atoms with E-state index < -0.39 is 0 Å². The van der Waals surface area contributed by atoms with Crippen LogP contribution in [0.25, 0.3) is 0 Å². The molecule has 1 aliphatic heterocycles. The van der Waals surface area contributed by atoms with Crippen LogP contribution in [-0.2, 0) is 4.74 Å². The Labute approximate surface area is 113 Å². The molecule has 1 rings (SSSR count). The molecule has 0 spiro atoms. The Bertz CT molecular complexity index is 205. The van der Waals surface area contributed by atoms with Crippen molar-refractivity contribution in [1.82, 2.24) is 0 Å². The maximum atomic E-state index is 9.73. The van der Waals surface area contributed by atoms with Crippen molar-refractivity contribution in [2.75, 3.05) is 0 Å². The van der Waals surface area contributed by atoms with Gasteiger partial charge in [-0.3, -0.25) is 0 Å². The van der Waals surface area contributed by atoms with E-state index in [1.807, 2.05) is 6.92 Å². The number of rotatable bonds is 8. The fraction of sp³-hybridized carbons (Fsp3) is 1.00. The number of aliphatic hydroxyl groups excluding tert-OH is 1. The Morgan fingerprint density at radius 1 is 1.06 bits per heavy atom. The lowest BCUT2D eigenvalue weighted by atomic mass is 9.86. The first-order valence-corrected chi connectivity index (χ1v) is 8.02. The van der Waals surface area contributed by atoms with Gasteiger partial charge in [0.1, 0.15) is 0 Å². The Balaban J connectivity index is 2.35. The number of hydrogen-bond acceptors (Lipinski definition) is 2. The second-order valence-corrected chi connectivity index (χ2v) is 5.92. The van der Waals surface area contributed by atoms with Gasteiger partial charge in [-0.2, -0.15) is 0 Å². The van der Waals surface area contributed by atoms with Gasteiger partial charge in [0.25, 0.3) is 0 Å². The maximum Gasteiger partial charge on any atom is 0.0809 e. The molecule has 0 aromatic heterocycles. The van der Waals surface area contributed by atoms with Crippen LogP contribution in [0.15, 0.2) is 0 Å². The third-order valence-electron chi connectivity index (χ3n) is 4.29. The number of aliphatic hydroxyl groups is 1. The second kappa shape index (κ2) is 8.92. The average Bonchev–Trinajstić information content (AvgIpc) is 2.37. The summed E-state index contributed by atoms with van der Waals surface area (Å²) in [4.78, 5) is 0. The quantitative estimate of drug-likeness (QED) is 0.656. The monoisotopic (exact) mass is 256 g/mol. The van der Waals surface area contributed by atoms with E-state index in [1.165, 1.54) is 44.9 Å². The van der Waals surface area contributed by atoms with Crippen molar-refractivity contribution in [3.63, 3.8) is 0 Å². The van der Waals surface area contributed by atoms with Gasteiger partial charge in [0.2, 0.25) is 0 Å². The van der Waals surface area contributed by atoms with Crippen LogP contribution < -0.4 is 0 Å². The highest BCUT2D eigenvalue weighted by atomic mass is 16.5. The summed E-state index contributed by atoms with van der Waals surface area (Å²) >= 11 is 0. The molecule has 1 saturated heterocycles. The Hall–Kier alpha value is -0.0800. The predicted octanol–water partition coefficient (Wildman–Crippen LogP) is 4.30. The van der Waals surface area contributed by atoms with E-state index in [1.54, 1.807) is 0 Å². The molecule has 0 aromatic carbocycles. The van der Waals surface area contributed by atoms with Crippen LogP contribution >= 0.6 is 0 Å². The van der Waals surface area contributed by atoms with Crippen molar-refractivity contribution in [3.05, 3.63) is 0 Å². The second-order valence-electron chi connectivity index (χ2n) is 5.92. The largest absolute Gasteiger partial charge is 0.390 e. The molecule has 0 radical (unpaired) electrons. The van der Waals surface area contributed by atoms with Crippen LogP contribution in [0.2, 0.25) is 0 Å². The molecular weight excluding hydrogens is 224 g/mol. The van der Waals surface area contributed by atoms with Gasteiger partial charge >= 0.3 is 0 Å². The first-order valence-electron chi connectivity index (χ1n) is 8.02. The van der Waals surface area contributed by atoms with E-state index in [0.29, 0.717) is 12.0 Å². The van der Waals surface area contributed by atoms with Gasteiger partial charge in [-0.15, -0.1) is 0 Å². The summed E-state index contributed by atoms with van der Waals surface area (Å²) in [5.74, 6) is 0.710. The molecule has 2 heteroatoms. The Morgan fingerprint density at radius 2 is 1.83 bits per heavy atom. The van der Waals surface area contributed by atoms with Gasteiger partial charge in [0.05, 0.1) is 18.3 Å². The topological polar surface area (TPSA) is 29.5 Å². The van der Waals surface area contributed by atoms with Crippen LogP contribution in [-0.4, -0.2) is 23.4 Å². The molecule has 0 bridgehead atoms. The highest BCUT2D eigenvalue weighted by Crippen LogP contribution is 2.30. The fourth-order valence-corrected chi connectivity index (χ4v) is 3.07. The van der Waals surface area contributed by atoms with E-state index in [4.69, 9.17) is 4.74 Å². The smallest absolute Gasteiger partial charge is 0.0809 e. The summed E-state index contributed by atoms with van der Waals surface area (Å²) in [5.41, 5.74) is 0. The van der Waals surface area contributed by atoms with Crippen molar-refractivity contribution in [1.29, 1.82) is 0 Å². The van der Waals surface area contributed by atoms with E-state index in [0.717, 1.165) is 12.8 Å². The standard InChI is InChI=1S/C16H32O2/c1-4-6-7-8-10-14(9-5-2)16-12-11-15(17)13(3)18-16/h13-17H,4-12H2,1-3H3/t13-,14?,15-,16?/m0/s1. The van der Waals surface area contributed by atoms with Gasteiger partial charge in [0, 0.05) is 0 Å². The molecule has 2 unspecified atom stereocenters. The molecule has 0 aromatic rings. The molecule has 4 atom stereocenters. The van der Waals surface area contributed by atoms with Crippen LogP contribution in [0.5, 0.6) is 0 Å². The molecule has 0 saturated carbocycles. The summed E-state index contributed by atoms with van der Waals surface area (Å²) in [6.07, 6.45) is 11.3. The van der Waals surface area contributed by atoms with Gasteiger partial charge < -0.3 is 9.84 Å². The maximum absolute atomic E-state index is 9.73. The van der Waals surface area contributed by atoms with Gasteiger partial charge in [-0.1, -0.05) is 46.0 Å². The SMILES string of the molecule is CCCCCCC(CCC)C1CC[C@H](O)[C@H](C)O1. The zero-order valence-corrected chi connectivity index (χ0v) is 12.5. The zero-order valence-electron chi connectivity index (χ0n) is 12.5. The van der Waals surface area contributed by atoms with Crippen molar-refractivity contribution in [2.24, 2.45) is 5.92 Å². The molecule has 1 heterocycles. The van der Waals surface area contributed by atoms with Crippen molar-refractivity contribution < 1.29 is 9.84 Å². The van der Waals surface area contributed by atoms with Crippen LogP contribution in [0, 0.1) is 5.92 Å². The zero-order chi connectivity index (χ0) is 13.4. The molecule has 1 aliphatic rings. The number of hydrogen-bond donors (Lipinski definition) is 1. The minimum absolute atomic E-state index is 0.0266. The van der Waals surface area contributed by atoms with Crippen molar-refractivity contribution in [2.45, 2.75) is 96.9 Å². The van der Waals surface area contributed by atoms with E-state index in [-0.39, 0.29) is 12.2 Å². The minimum atomic E-state index is -0.247. The van der Waals surface area contributed by atoms with Crippen molar-refractivity contribution in [3.8, 4) is 0 Å². The number of unbranched alkanes of at least 4 members (excludes halogenated alkanes) is 3. The van der Waals surface area contributed by atoms with Crippen molar-refractivity contribution >= 4 is 0 Å². The van der Waals surface area contributed by atoms with E-state index in [9.17, 15) is 5.11 Å². The summed E-state index contributed by atoms with van der Waals surface area (Å²) in [7, 11) is 0. The highest BCUT2D eigenvalue weighted by molar-refractivity contribution is 4.80. The Kier molecular flexibility index (Phi) is 7.92. The molecule has 18 heavy (non-hydrogen) atoms. The molecule has 0 amide bonds. The molecule has 1 fully saturated rings. The predicted molar refractivity (Wildman–Crippen MR) is 76.7 cm³/mol. The van der Waals surface area contributed by atoms with Gasteiger partial charge in [0.15, 0.2) is 0 Å². The third kappa shape index (κ3) is 5.27. The molecule has 0 aliphatic carbocycles. The molecule has 108 valence electrons. The minimum Gasteiger partial charge on any atom is -0.390 e. The average molecular weight is 256 g/mol. The lowest BCUT2D eigenvalue weighted by Gasteiger charge is -2.36. The lowest BCUT2D eigenvalue weighted by Crippen LogP contribution is -2.40. The first-order chi connectivity index (χ1) is 8.69. The van der Waals surface area contributed by atoms with E-state index >= 15 is 0 Å². The highest BCUT2D eigenvalue weighted by Gasteiger charge is 2.31. The van der Waals surface area contributed by atoms with Gasteiger partial charge in [-0.25, -0.2) is 0 Å². The summed E-state index contributed by atoms with van der Waals surface area (Å²) in [6.45, 7) is 6.54. The van der Waals surface area contributed by atoms with E-state index in [2.05, 4.69) is 13.8 Å². The molecule has 2 nitrogen and oxygen atoms in total. The molecule has 1 N–H and O–H groups in total. The lowest BCUT2D eigenvalue weighted by molar-refractivity contribution is -0.129. The van der Waals surface area contributed by atoms with Crippen LogP contribution in [0.4, 0.5) is 0 Å². The van der Waals surface area contributed by atoms with Gasteiger partial charge in [-0.05, 0) is 38.5 Å². The Morgan fingerprint density at radius 3 is 2.44 bits per heavy atom. The van der Waals surface area contributed by atoms with Crippen LogP contribution in [0.1, 0.15) is 78.6 Å². The molecular formula is C16H32O2. The van der Waals surface area contributed by atoms with Crippen LogP contribution in [0.3, 0.4) is 0 Å².